The fourth-order valence-electron chi connectivity index (χ4n) is 3.03. The molecule has 1 amide bonds. The normalized spacial score (nSPS) is 11.2. The van der Waals surface area contributed by atoms with Crippen molar-refractivity contribution in [3.8, 4) is 0 Å². The highest BCUT2D eigenvalue weighted by atomic mass is 32.1. The molecule has 3 aromatic rings. The fourth-order valence-corrected chi connectivity index (χ4v) is 3.93. The van der Waals surface area contributed by atoms with E-state index in [-0.39, 0.29) is 12.5 Å². The van der Waals surface area contributed by atoms with Gasteiger partial charge in [0.05, 0.1) is 16.8 Å². The van der Waals surface area contributed by atoms with Crippen molar-refractivity contribution < 1.29 is 9.53 Å². The molecule has 6 heteroatoms. The molecule has 0 saturated heterocycles. The molecule has 0 spiro atoms. The summed E-state index contributed by atoms with van der Waals surface area (Å²) in [6.45, 7) is 8.15. The first-order valence-corrected chi connectivity index (χ1v) is 10.5. The lowest BCUT2D eigenvalue weighted by Crippen LogP contribution is -2.28. The van der Waals surface area contributed by atoms with Gasteiger partial charge in [0, 0.05) is 13.1 Å². The van der Waals surface area contributed by atoms with Gasteiger partial charge in [0.15, 0.2) is 0 Å². The summed E-state index contributed by atoms with van der Waals surface area (Å²) in [5.74, 6) is -0.112. The van der Waals surface area contributed by atoms with Crippen LogP contribution >= 0.6 is 11.3 Å². The molecule has 0 saturated carbocycles. The molecule has 0 radical (unpaired) electrons. The lowest BCUT2D eigenvalue weighted by molar-refractivity contribution is -0.126. The number of nitrogens with one attached hydrogen (secondary N) is 1. The summed E-state index contributed by atoms with van der Waals surface area (Å²) in [7, 11) is 0. The van der Waals surface area contributed by atoms with Gasteiger partial charge in [0.2, 0.25) is 5.91 Å². The van der Waals surface area contributed by atoms with Gasteiger partial charge in [-0.25, -0.2) is 4.98 Å². The Morgan fingerprint density at radius 1 is 1.07 bits per heavy atom. The molecule has 28 heavy (non-hydrogen) atoms. The van der Waals surface area contributed by atoms with Gasteiger partial charge in [-0.2, -0.15) is 0 Å². The Balaban J connectivity index is 1.46. The minimum atomic E-state index is -0.112. The zero-order chi connectivity index (χ0) is 19.8. The van der Waals surface area contributed by atoms with E-state index in [1.807, 2.05) is 36.4 Å². The second-order valence-electron chi connectivity index (χ2n) is 6.57. The molecule has 148 valence electrons. The summed E-state index contributed by atoms with van der Waals surface area (Å²) in [5.41, 5.74) is 3.37. The second kappa shape index (κ2) is 10.3. The average Bonchev–Trinajstić information content (AvgIpc) is 3.14. The predicted molar refractivity (Wildman–Crippen MR) is 114 cm³/mol. The zero-order valence-electron chi connectivity index (χ0n) is 16.5. The number of ether oxygens (including phenoxy) is 1. The molecule has 0 atom stereocenters. The van der Waals surface area contributed by atoms with E-state index < -0.39 is 0 Å². The maximum Gasteiger partial charge on any atom is 0.246 e. The number of hydrogen-bond donors (Lipinski definition) is 1. The molecule has 0 unspecified atom stereocenters. The predicted octanol–water partition coefficient (Wildman–Crippen LogP) is 3.97. The highest BCUT2D eigenvalue weighted by molar-refractivity contribution is 7.18. The summed E-state index contributed by atoms with van der Waals surface area (Å²) >= 11 is 1.60. The number of carbonyl (C=O) groups is 1. The van der Waals surface area contributed by atoms with Crippen molar-refractivity contribution in [1.82, 2.24) is 15.2 Å². The lowest BCUT2D eigenvalue weighted by Gasteiger charge is -2.20. The van der Waals surface area contributed by atoms with E-state index in [1.165, 1.54) is 5.56 Å². The van der Waals surface area contributed by atoms with Crippen molar-refractivity contribution in [3.05, 3.63) is 64.7 Å². The summed E-state index contributed by atoms with van der Waals surface area (Å²) < 4.78 is 6.69. The highest BCUT2D eigenvalue weighted by Crippen LogP contribution is 2.21. The van der Waals surface area contributed by atoms with Crippen LogP contribution in [-0.2, 0) is 29.2 Å². The number of amides is 1. The van der Waals surface area contributed by atoms with Gasteiger partial charge >= 0.3 is 0 Å². The number of carbonyl (C=O) groups excluding carboxylic acids is 1. The Bertz CT molecular complexity index is 872. The Morgan fingerprint density at radius 2 is 1.79 bits per heavy atom. The number of thiazole rings is 1. The number of fused-ring (bicyclic) bond motifs is 1. The average molecular weight is 398 g/mol. The molecular formula is C22H27N3O2S. The van der Waals surface area contributed by atoms with E-state index in [4.69, 9.17) is 4.74 Å². The van der Waals surface area contributed by atoms with Crippen molar-refractivity contribution in [3.63, 3.8) is 0 Å². The standard InChI is InChI=1S/C22H27N3O2S/c1-3-25(4-2)14-18-10-6-5-9-17(18)13-23-21(26)15-27-16-22-24-19-11-7-8-12-20(19)28-22/h5-12H,3-4,13-16H2,1-2H3,(H,23,26). The highest BCUT2D eigenvalue weighted by Gasteiger charge is 2.09. The molecule has 1 aromatic heterocycles. The molecule has 0 aliphatic heterocycles. The summed E-state index contributed by atoms with van der Waals surface area (Å²) in [6.07, 6.45) is 0. The van der Waals surface area contributed by atoms with Gasteiger partial charge in [-0.05, 0) is 36.3 Å². The third-order valence-corrected chi connectivity index (χ3v) is 5.69. The fraction of sp³-hybridized carbons (Fsp3) is 0.364. The van der Waals surface area contributed by atoms with E-state index in [0.717, 1.165) is 40.4 Å². The molecule has 5 nitrogen and oxygen atoms in total. The third kappa shape index (κ3) is 5.61. The molecule has 0 bridgehead atoms. The summed E-state index contributed by atoms with van der Waals surface area (Å²) in [4.78, 5) is 19.0. The SMILES string of the molecule is CCN(CC)Cc1ccccc1CNC(=O)COCc1nc2ccccc2s1. The van der Waals surface area contributed by atoms with Crippen LogP contribution in [-0.4, -0.2) is 35.5 Å². The summed E-state index contributed by atoms with van der Waals surface area (Å²) in [5, 5.41) is 3.85. The maximum atomic E-state index is 12.2. The van der Waals surface area contributed by atoms with Gasteiger partial charge in [0.1, 0.15) is 11.6 Å². The van der Waals surface area contributed by atoms with Crippen LogP contribution in [0.25, 0.3) is 10.2 Å². The quantitative estimate of drug-likeness (QED) is 0.562. The molecule has 1 N–H and O–H groups in total. The van der Waals surface area contributed by atoms with Gasteiger partial charge in [-0.15, -0.1) is 11.3 Å². The minimum Gasteiger partial charge on any atom is -0.364 e. The number of nitrogens with zero attached hydrogens (tertiary/aromatic N) is 2. The maximum absolute atomic E-state index is 12.2. The topological polar surface area (TPSA) is 54.5 Å². The third-order valence-electron chi connectivity index (χ3n) is 4.68. The van der Waals surface area contributed by atoms with E-state index >= 15 is 0 Å². The monoisotopic (exact) mass is 397 g/mol. The van der Waals surface area contributed by atoms with Crippen molar-refractivity contribution >= 4 is 27.5 Å². The van der Waals surface area contributed by atoms with Crippen LogP contribution < -0.4 is 5.32 Å². The Labute approximate surface area is 170 Å². The van der Waals surface area contributed by atoms with Crippen LogP contribution in [0.2, 0.25) is 0 Å². The lowest BCUT2D eigenvalue weighted by atomic mass is 10.1. The van der Waals surface area contributed by atoms with Gasteiger partial charge in [-0.1, -0.05) is 50.2 Å². The smallest absolute Gasteiger partial charge is 0.246 e. The van der Waals surface area contributed by atoms with Crippen molar-refractivity contribution in [2.75, 3.05) is 19.7 Å². The number of rotatable bonds is 10. The van der Waals surface area contributed by atoms with E-state index in [0.29, 0.717) is 13.2 Å². The Hall–Kier alpha value is -2.28. The summed E-state index contributed by atoms with van der Waals surface area (Å²) in [6, 6.07) is 16.2. The van der Waals surface area contributed by atoms with Crippen LogP contribution in [0.5, 0.6) is 0 Å². The van der Waals surface area contributed by atoms with Crippen molar-refractivity contribution in [1.29, 1.82) is 0 Å². The van der Waals surface area contributed by atoms with E-state index in [2.05, 4.69) is 41.2 Å². The molecule has 0 aliphatic carbocycles. The number of aromatic nitrogens is 1. The largest absolute Gasteiger partial charge is 0.364 e. The molecule has 1 heterocycles. The van der Waals surface area contributed by atoms with Crippen LogP contribution in [0.1, 0.15) is 30.0 Å². The van der Waals surface area contributed by atoms with Gasteiger partial charge in [-0.3, -0.25) is 9.69 Å². The van der Waals surface area contributed by atoms with Crippen LogP contribution in [0.4, 0.5) is 0 Å². The number of benzene rings is 2. The molecule has 0 fully saturated rings. The zero-order valence-corrected chi connectivity index (χ0v) is 17.3. The molecule has 2 aromatic carbocycles. The first-order chi connectivity index (χ1) is 13.7. The molecule has 0 aliphatic rings. The Kier molecular flexibility index (Phi) is 7.54. The van der Waals surface area contributed by atoms with Crippen molar-refractivity contribution in [2.45, 2.75) is 33.5 Å². The van der Waals surface area contributed by atoms with Crippen molar-refractivity contribution in [2.24, 2.45) is 0 Å². The van der Waals surface area contributed by atoms with E-state index in [1.54, 1.807) is 11.3 Å². The van der Waals surface area contributed by atoms with Gasteiger partial charge < -0.3 is 10.1 Å². The first-order valence-electron chi connectivity index (χ1n) is 9.67. The number of hydrogen-bond acceptors (Lipinski definition) is 5. The van der Waals surface area contributed by atoms with Crippen LogP contribution in [0.15, 0.2) is 48.5 Å². The van der Waals surface area contributed by atoms with Crippen LogP contribution in [0.3, 0.4) is 0 Å². The Morgan fingerprint density at radius 3 is 2.54 bits per heavy atom. The minimum absolute atomic E-state index is 0.0359. The second-order valence-corrected chi connectivity index (χ2v) is 7.69. The molecule has 3 rings (SSSR count). The number of para-hydroxylation sites is 1. The van der Waals surface area contributed by atoms with E-state index in [9.17, 15) is 4.79 Å². The molecular weight excluding hydrogens is 370 g/mol. The van der Waals surface area contributed by atoms with Gasteiger partial charge in [0.25, 0.3) is 0 Å². The first kappa shape index (κ1) is 20.5. The van der Waals surface area contributed by atoms with Crippen LogP contribution in [0, 0.1) is 0 Å².